The van der Waals surface area contributed by atoms with E-state index >= 15 is 0 Å². The summed E-state index contributed by atoms with van der Waals surface area (Å²) in [5.74, 6) is -2.71. The van der Waals surface area contributed by atoms with Crippen molar-refractivity contribution in [3.8, 4) is 0 Å². The largest absolute Gasteiger partial charge is 0.490 e. The number of rotatable bonds is 7. The lowest BCUT2D eigenvalue weighted by Gasteiger charge is -2.16. The van der Waals surface area contributed by atoms with Crippen LogP contribution in [0.2, 0.25) is 0 Å². The van der Waals surface area contributed by atoms with Gasteiger partial charge in [0.15, 0.2) is 0 Å². The zero-order valence-electron chi connectivity index (χ0n) is 18.1. The third kappa shape index (κ3) is 6.70. The molecule has 33 heavy (non-hydrogen) atoms. The Labute approximate surface area is 190 Å². The molecule has 11 heteroatoms. The number of aryl methyl sites for hydroxylation is 1. The number of likely N-dealkylation sites (N-methyl/N-ethyl adjacent to an activating group) is 1. The second-order valence-electron chi connectivity index (χ2n) is 7.42. The van der Waals surface area contributed by atoms with Crippen LogP contribution in [0.1, 0.15) is 37.8 Å². The summed E-state index contributed by atoms with van der Waals surface area (Å²) in [5, 5.41) is 10.0. The van der Waals surface area contributed by atoms with Gasteiger partial charge in [0.25, 0.3) is 10.0 Å². The molecule has 1 amide bonds. The molecule has 0 unspecified atom stereocenters. The molecular weight excluding hydrogens is 461 g/mol. The number of hydrogen-bond donors (Lipinski definition) is 3. The highest BCUT2D eigenvalue weighted by molar-refractivity contribution is 7.92. The third-order valence-corrected chi connectivity index (χ3v) is 6.49. The van der Waals surface area contributed by atoms with Crippen LogP contribution in [0.15, 0.2) is 53.4 Å². The van der Waals surface area contributed by atoms with Crippen molar-refractivity contribution in [2.24, 2.45) is 0 Å². The molecule has 0 aliphatic heterocycles. The Morgan fingerprint density at radius 2 is 1.52 bits per heavy atom. The number of anilines is 1. The van der Waals surface area contributed by atoms with E-state index in [2.05, 4.69) is 10.0 Å². The number of carbonyl (C=O) groups excluding carboxylic acids is 1. The van der Waals surface area contributed by atoms with E-state index in [1.807, 2.05) is 38.1 Å². The van der Waals surface area contributed by atoms with Crippen LogP contribution in [0.25, 0.3) is 0 Å². The summed E-state index contributed by atoms with van der Waals surface area (Å²) in [5.41, 5.74) is 2.07. The van der Waals surface area contributed by atoms with E-state index in [1.54, 1.807) is 24.3 Å². The summed E-state index contributed by atoms with van der Waals surface area (Å²) in [6, 6.07) is 14.0. The van der Waals surface area contributed by atoms with Gasteiger partial charge in [0.05, 0.1) is 10.3 Å². The molecule has 7 nitrogen and oxygen atoms in total. The van der Waals surface area contributed by atoms with Crippen molar-refractivity contribution in [1.29, 1.82) is 0 Å². The topological polar surface area (TPSA) is 113 Å². The van der Waals surface area contributed by atoms with Crippen molar-refractivity contribution >= 4 is 27.6 Å². The molecule has 3 N–H and O–H groups in total. The summed E-state index contributed by atoms with van der Waals surface area (Å²) >= 11 is 0. The Hall–Kier alpha value is -3.08. The minimum Gasteiger partial charge on any atom is -0.475 e. The fourth-order valence-electron chi connectivity index (χ4n) is 3.08. The Bertz CT molecular complexity index is 1080. The van der Waals surface area contributed by atoms with Gasteiger partial charge in [-0.05, 0) is 61.6 Å². The lowest BCUT2D eigenvalue weighted by molar-refractivity contribution is -0.192. The predicted molar refractivity (Wildman–Crippen MR) is 116 cm³/mol. The number of hydrogen-bond acceptors (Lipinski definition) is 4. The van der Waals surface area contributed by atoms with Crippen molar-refractivity contribution in [2.75, 3.05) is 11.3 Å². The van der Waals surface area contributed by atoms with Crippen molar-refractivity contribution < 1.29 is 36.3 Å². The summed E-state index contributed by atoms with van der Waals surface area (Å²) in [6.07, 6.45) is -2.57. The maximum atomic E-state index is 12.5. The van der Waals surface area contributed by atoms with Crippen LogP contribution in [-0.4, -0.2) is 38.1 Å². The van der Waals surface area contributed by atoms with Crippen molar-refractivity contribution in [1.82, 2.24) is 5.32 Å². The molecule has 2 aromatic rings. The van der Waals surface area contributed by atoms with Crippen molar-refractivity contribution in [2.45, 2.75) is 49.6 Å². The number of carbonyl (C=O) groups is 2. The predicted octanol–water partition coefficient (Wildman–Crippen LogP) is 3.85. The highest BCUT2D eigenvalue weighted by Gasteiger charge is 2.50. The number of nitrogens with one attached hydrogen (secondary N) is 2. The minimum absolute atomic E-state index is 0.0457. The molecule has 0 atom stereocenters. The van der Waals surface area contributed by atoms with Gasteiger partial charge in [-0.3, -0.25) is 9.52 Å². The van der Waals surface area contributed by atoms with Gasteiger partial charge in [0.1, 0.15) is 0 Å². The smallest absolute Gasteiger partial charge is 0.475 e. The molecule has 1 aliphatic carbocycles. The third-order valence-electron chi connectivity index (χ3n) is 5.10. The highest BCUT2D eigenvalue weighted by Crippen LogP contribution is 2.48. The van der Waals surface area contributed by atoms with Gasteiger partial charge in [-0.15, -0.1) is 0 Å². The SMILES string of the molecule is CCNC(=O)C1(c2ccc(NS(=O)(=O)c3ccc(CC)cc3)cc2)CC1.O=C(O)C(F)(F)F. The highest BCUT2D eigenvalue weighted by atomic mass is 32.2. The first-order valence-corrected chi connectivity index (χ1v) is 11.6. The quantitative estimate of drug-likeness (QED) is 0.550. The molecule has 1 aliphatic rings. The Morgan fingerprint density at radius 1 is 1.00 bits per heavy atom. The van der Waals surface area contributed by atoms with Gasteiger partial charge in [-0.1, -0.05) is 31.2 Å². The average Bonchev–Trinajstić information content (AvgIpc) is 3.56. The number of sulfonamides is 1. The molecule has 180 valence electrons. The van der Waals surface area contributed by atoms with E-state index in [4.69, 9.17) is 9.90 Å². The van der Waals surface area contributed by atoms with E-state index in [0.29, 0.717) is 12.2 Å². The van der Waals surface area contributed by atoms with Crippen LogP contribution in [0, 0.1) is 0 Å². The fraction of sp³-hybridized carbons (Fsp3) is 0.364. The van der Waals surface area contributed by atoms with Gasteiger partial charge >= 0.3 is 12.1 Å². The molecule has 0 aromatic heterocycles. The number of carboxylic acid groups (broad SMARTS) is 1. The zero-order chi connectivity index (χ0) is 24.9. The number of halogens is 3. The Kier molecular flexibility index (Phi) is 8.12. The van der Waals surface area contributed by atoms with Crippen molar-refractivity contribution in [3.63, 3.8) is 0 Å². The lowest BCUT2D eigenvalue weighted by Crippen LogP contribution is -2.34. The van der Waals surface area contributed by atoms with E-state index in [0.717, 1.165) is 30.4 Å². The standard InChI is InChI=1S/C20H24N2O3S.C2HF3O2/c1-3-15-5-11-18(12-6-15)26(24,25)22-17-9-7-16(8-10-17)20(13-14-20)19(23)21-4-2;3-2(4,5)1(6)7/h5-12,22H,3-4,13-14H2,1-2H3,(H,21,23);(H,6,7). The summed E-state index contributed by atoms with van der Waals surface area (Å²) < 4.78 is 59.4. The molecule has 0 spiro atoms. The molecule has 0 heterocycles. The molecule has 1 fully saturated rings. The maximum Gasteiger partial charge on any atom is 0.490 e. The first-order valence-electron chi connectivity index (χ1n) is 10.2. The van der Waals surface area contributed by atoms with Gasteiger partial charge < -0.3 is 10.4 Å². The normalized spacial score (nSPS) is 14.5. The van der Waals surface area contributed by atoms with Crippen LogP contribution in [0.3, 0.4) is 0 Å². The molecule has 1 saturated carbocycles. The van der Waals surface area contributed by atoms with Gasteiger partial charge in [-0.25, -0.2) is 13.2 Å². The van der Waals surface area contributed by atoms with Gasteiger partial charge in [0, 0.05) is 12.2 Å². The Morgan fingerprint density at radius 3 is 1.91 bits per heavy atom. The minimum atomic E-state index is -5.08. The number of benzene rings is 2. The van der Waals surface area contributed by atoms with Crippen LogP contribution in [0.5, 0.6) is 0 Å². The monoisotopic (exact) mass is 486 g/mol. The van der Waals surface area contributed by atoms with E-state index in [1.165, 1.54) is 0 Å². The fourth-order valence-corrected chi connectivity index (χ4v) is 4.14. The van der Waals surface area contributed by atoms with Crippen LogP contribution in [-0.2, 0) is 31.4 Å². The molecule has 2 aromatic carbocycles. The molecule has 0 bridgehead atoms. The second-order valence-corrected chi connectivity index (χ2v) is 9.11. The molecule has 3 rings (SSSR count). The van der Waals surface area contributed by atoms with Crippen molar-refractivity contribution in [3.05, 3.63) is 59.7 Å². The average molecular weight is 487 g/mol. The van der Waals surface area contributed by atoms with Crippen LogP contribution >= 0.6 is 0 Å². The Balaban J connectivity index is 0.000000479. The lowest BCUT2D eigenvalue weighted by atomic mass is 9.95. The molecule has 0 radical (unpaired) electrons. The number of carboxylic acids is 1. The van der Waals surface area contributed by atoms with Gasteiger partial charge in [0.2, 0.25) is 5.91 Å². The summed E-state index contributed by atoms with van der Waals surface area (Å²) in [7, 11) is -3.63. The molecular formula is C22H25F3N2O5S. The summed E-state index contributed by atoms with van der Waals surface area (Å²) in [4.78, 5) is 21.4. The van der Waals surface area contributed by atoms with E-state index in [9.17, 15) is 26.4 Å². The maximum absolute atomic E-state index is 12.5. The first-order chi connectivity index (χ1) is 15.4. The summed E-state index contributed by atoms with van der Waals surface area (Å²) in [6.45, 7) is 4.53. The van der Waals surface area contributed by atoms with Crippen LogP contribution < -0.4 is 10.0 Å². The number of alkyl halides is 3. The van der Waals surface area contributed by atoms with E-state index in [-0.39, 0.29) is 10.8 Å². The first kappa shape index (κ1) is 26.2. The molecule has 0 saturated heterocycles. The zero-order valence-corrected chi connectivity index (χ0v) is 18.9. The number of aliphatic carboxylic acids is 1. The second kappa shape index (κ2) is 10.2. The van der Waals surface area contributed by atoms with Gasteiger partial charge in [-0.2, -0.15) is 13.2 Å². The van der Waals surface area contributed by atoms with E-state index < -0.39 is 27.6 Å². The number of amides is 1. The van der Waals surface area contributed by atoms with Crippen LogP contribution in [0.4, 0.5) is 18.9 Å².